The standard InChI is InChI=1S/C12H18N2O3S/c1-4-9(2)13-12(15)10-7-5-6-8-11(10)14-18(3,16)17/h5-9,14H,4H2,1-3H3,(H,13,15)/t9-/m1/s1. The molecule has 0 bridgehead atoms. The number of para-hydroxylation sites is 1. The van der Waals surface area contributed by atoms with Crippen LogP contribution in [0.2, 0.25) is 0 Å². The van der Waals surface area contributed by atoms with E-state index in [4.69, 9.17) is 0 Å². The highest BCUT2D eigenvalue weighted by molar-refractivity contribution is 7.92. The molecule has 2 N–H and O–H groups in total. The number of hydrogen-bond donors (Lipinski definition) is 2. The Balaban J connectivity index is 2.98. The number of hydrogen-bond acceptors (Lipinski definition) is 3. The van der Waals surface area contributed by atoms with Gasteiger partial charge in [0.2, 0.25) is 10.0 Å². The first-order valence-corrected chi connectivity index (χ1v) is 7.60. The predicted octanol–water partition coefficient (Wildman–Crippen LogP) is 1.59. The van der Waals surface area contributed by atoms with Crippen molar-refractivity contribution in [3.05, 3.63) is 29.8 Å². The van der Waals surface area contributed by atoms with E-state index >= 15 is 0 Å². The third-order valence-electron chi connectivity index (χ3n) is 2.46. The van der Waals surface area contributed by atoms with E-state index in [0.29, 0.717) is 11.3 Å². The van der Waals surface area contributed by atoms with Crippen LogP contribution in [0.1, 0.15) is 30.6 Å². The van der Waals surface area contributed by atoms with Crippen LogP contribution in [-0.4, -0.2) is 26.6 Å². The molecule has 0 saturated heterocycles. The highest BCUT2D eigenvalue weighted by Gasteiger charge is 2.14. The quantitative estimate of drug-likeness (QED) is 0.853. The van der Waals surface area contributed by atoms with E-state index in [1.807, 2.05) is 13.8 Å². The molecule has 1 aromatic carbocycles. The van der Waals surface area contributed by atoms with Gasteiger partial charge in [-0.15, -0.1) is 0 Å². The van der Waals surface area contributed by atoms with Gasteiger partial charge in [-0.2, -0.15) is 0 Å². The highest BCUT2D eigenvalue weighted by Crippen LogP contribution is 2.16. The molecule has 0 unspecified atom stereocenters. The van der Waals surface area contributed by atoms with E-state index in [2.05, 4.69) is 10.0 Å². The highest BCUT2D eigenvalue weighted by atomic mass is 32.2. The van der Waals surface area contributed by atoms with Crippen LogP contribution in [0.25, 0.3) is 0 Å². The first-order valence-electron chi connectivity index (χ1n) is 5.71. The molecule has 6 heteroatoms. The molecule has 1 rings (SSSR count). The van der Waals surface area contributed by atoms with Crippen LogP contribution in [0.4, 0.5) is 5.69 Å². The number of rotatable bonds is 5. The van der Waals surface area contributed by atoms with Gasteiger partial charge in [0.1, 0.15) is 0 Å². The third-order valence-corrected chi connectivity index (χ3v) is 3.05. The second-order valence-electron chi connectivity index (χ2n) is 4.20. The molecule has 0 aliphatic heterocycles. The zero-order chi connectivity index (χ0) is 13.8. The normalized spacial score (nSPS) is 12.8. The summed E-state index contributed by atoms with van der Waals surface area (Å²) >= 11 is 0. The van der Waals surface area contributed by atoms with Crippen molar-refractivity contribution in [1.82, 2.24) is 5.32 Å². The van der Waals surface area contributed by atoms with Gasteiger partial charge < -0.3 is 5.32 Å². The van der Waals surface area contributed by atoms with Gasteiger partial charge in [0.25, 0.3) is 5.91 Å². The molecule has 0 aromatic heterocycles. The molecule has 0 aliphatic rings. The van der Waals surface area contributed by atoms with Crippen molar-refractivity contribution in [2.75, 3.05) is 11.0 Å². The Morgan fingerprint density at radius 1 is 1.33 bits per heavy atom. The van der Waals surface area contributed by atoms with Crippen LogP contribution < -0.4 is 10.0 Å². The molecule has 0 spiro atoms. The molecule has 0 fully saturated rings. The number of nitrogens with one attached hydrogen (secondary N) is 2. The van der Waals surface area contributed by atoms with Crippen molar-refractivity contribution in [2.45, 2.75) is 26.3 Å². The van der Waals surface area contributed by atoms with E-state index < -0.39 is 10.0 Å². The minimum atomic E-state index is -3.40. The number of carbonyl (C=O) groups excluding carboxylic acids is 1. The van der Waals surface area contributed by atoms with E-state index in [1.54, 1.807) is 24.3 Å². The maximum absolute atomic E-state index is 12.0. The Labute approximate surface area is 108 Å². The molecule has 5 nitrogen and oxygen atoms in total. The molecule has 18 heavy (non-hydrogen) atoms. The number of amides is 1. The maximum Gasteiger partial charge on any atom is 0.253 e. The van der Waals surface area contributed by atoms with Gasteiger partial charge in [-0.1, -0.05) is 19.1 Å². The van der Waals surface area contributed by atoms with Crippen LogP contribution in [0, 0.1) is 0 Å². The van der Waals surface area contributed by atoms with Crippen molar-refractivity contribution in [3.8, 4) is 0 Å². The zero-order valence-electron chi connectivity index (χ0n) is 10.7. The summed E-state index contributed by atoms with van der Waals surface area (Å²) in [6.45, 7) is 3.86. The molecule has 1 aromatic rings. The van der Waals surface area contributed by atoms with E-state index in [0.717, 1.165) is 12.7 Å². The van der Waals surface area contributed by atoms with Crippen LogP contribution >= 0.6 is 0 Å². The predicted molar refractivity (Wildman–Crippen MR) is 72.1 cm³/mol. The fourth-order valence-corrected chi connectivity index (χ4v) is 1.95. The van der Waals surface area contributed by atoms with Crippen molar-refractivity contribution < 1.29 is 13.2 Å². The molecule has 0 aliphatic carbocycles. The number of carbonyl (C=O) groups is 1. The van der Waals surface area contributed by atoms with Gasteiger partial charge in [-0.3, -0.25) is 9.52 Å². The van der Waals surface area contributed by atoms with Crippen molar-refractivity contribution >= 4 is 21.6 Å². The number of sulfonamides is 1. The Morgan fingerprint density at radius 3 is 2.50 bits per heavy atom. The van der Waals surface area contributed by atoms with Gasteiger partial charge >= 0.3 is 0 Å². The Kier molecular flexibility index (Phi) is 4.72. The second-order valence-corrected chi connectivity index (χ2v) is 5.95. The minimum absolute atomic E-state index is 0.0452. The van der Waals surface area contributed by atoms with Gasteiger partial charge in [-0.05, 0) is 25.5 Å². The van der Waals surface area contributed by atoms with Gasteiger partial charge in [0, 0.05) is 6.04 Å². The molecule has 0 radical (unpaired) electrons. The SMILES string of the molecule is CC[C@@H](C)NC(=O)c1ccccc1NS(C)(=O)=O. The number of anilines is 1. The maximum atomic E-state index is 12.0. The topological polar surface area (TPSA) is 75.3 Å². The third kappa shape index (κ3) is 4.37. The van der Waals surface area contributed by atoms with Crippen LogP contribution in [-0.2, 0) is 10.0 Å². The fraction of sp³-hybridized carbons (Fsp3) is 0.417. The summed E-state index contributed by atoms with van der Waals surface area (Å²) in [5, 5.41) is 2.80. The zero-order valence-corrected chi connectivity index (χ0v) is 11.5. The summed E-state index contributed by atoms with van der Waals surface area (Å²) in [7, 11) is -3.40. The van der Waals surface area contributed by atoms with Crippen molar-refractivity contribution in [3.63, 3.8) is 0 Å². The number of benzene rings is 1. The summed E-state index contributed by atoms with van der Waals surface area (Å²) in [6, 6.07) is 6.56. The first kappa shape index (κ1) is 14.5. The van der Waals surface area contributed by atoms with Crippen LogP contribution in [0.15, 0.2) is 24.3 Å². The molecule has 100 valence electrons. The Hall–Kier alpha value is -1.56. The second kappa shape index (κ2) is 5.86. The fourth-order valence-electron chi connectivity index (χ4n) is 1.37. The van der Waals surface area contributed by atoms with Crippen LogP contribution in [0.3, 0.4) is 0 Å². The summed E-state index contributed by atoms with van der Waals surface area (Å²) in [5.41, 5.74) is 0.615. The average molecular weight is 270 g/mol. The monoisotopic (exact) mass is 270 g/mol. The average Bonchev–Trinajstić information content (AvgIpc) is 2.27. The molecule has 1 amide bonds. The van der Waals surface area contributed by atoms with Gasteiger partial charge in [-0.25, -0.2) is 8.42 Å². The van der Waals surface area contributed by atoms with Gasteiger partial charge in [0.05, 0.1) is 17.5 Å². The summed E-state index contributed by atoms with van der Waals surface area (Å²) in [6.07, 6.45) is 1.86. The van der Waals surface area contributed by atoms with Gasteiger partial charge in [0.15, 0.2) is 0 Å². The minimum Gasteiger partial charge on any atom is -0.350 e. The Bertz CT molecular complexity index is 526. The lowest BCUT2D eigenvalue weighted by Crippen LogP contribution is -2.32. The first-order chi connectivity index (χ1) is 8.33. The largest absolute Gasteiger partial charge is 0.350 e. The Morgan fingerprint density at radius 2 is 1.94 bits per heavy atom. The lowest BCUT2D eigenvalue weighted by molar-refractivity contribution is 0.0940. The smallest absolute Gasteiger partial charge is 0.253 e. The van der Waals surface area contributed by atoms with E-state index in [1.165, 1.54) is 0 Å². The lowest BCUT2D eigenvalue weighted by Gasteiger charge is -2.14. The van der Waals surface area contributed by atoms with Crippen molar-refractivity contribution in [2.24, 2.45) is 0 Å². The molecule has 0 saturated carbocycles. The summed E-state index contributed by atoms with van der Waals surface area (Å²) in [5.74, 6) is -0.281. The summed E-state index contributed by atoms with van der Waals surface area (Å²) < 4.78 is 24.8. The van der Waals surface area contributed by atoms with Crippen LogP contribution in [0.5, 0.6) is 0 Å². The van der Waals surface area contributed by atoms with E-state index in [9.17, 15) is 13.2 Å². The molecular formula is C12H18N2O3S. The lowest BCUT2D eigenvalue weighted by atomic mass is 10.1. The summed E-state index contributed by atoms with van der Waals surface area (Å²) in [4.78, 5) is 12.0. The molecule has 1 atom stereocenters. The molecular weight excluding hydrogens is 252 g/mol. The molecule has 0 heterocycles. The van der Waals surface area contributed by atoms with E-state index in [-0.39, 0.29) is 11.9 Å². The van der Waals surface area contributed by atoms with Crippen molar-refractivity contribution in [1.29, 1.82) is 0 Å².